The van der Waals surface area contributed by atoms with Crippen molar-refractivity contribution in [3.63, 3.8) is 0 Å². The third kappa shape index (κ3) is 1.82. The summed E-state index contributed by atoms with van der Waals surface area (Å²) in [7, 11) is 1.81. The molecule has 0 aliphatic carbocycles. The Morgan fingerprint density at radius 3 is 2.45 bits per heavy atom. The van der Waals surface area contributed by atoms with Crippen LogP contribution in [-0.4, -0.2) is 9.78 Å². The van der Waals surface area contributed by atoms with E-state index in [0.29, 0.717) is 5.56 Å². The first-order valence-corrected chi connectivity index (χ1v) is 6.15. The van der Waals surface area contributed by atoms with E-state index in [1.807, 2.05) is 32.3 Å². The number of rotatable bonds is 1. The molecule has 0 fully saturated rings. The maximum Gasteiger partial charge on any atom is 0.149 e. The molecule has 5 heteroatoms. The molecule has 3 rings (SSSR count). The molecular weight excluding hydrogens is 260 g/mol. The summed E-state index contributed by atoms with van der Waals surface area (Å²) in [5.41, 5.74) is 7.87. The number of anilines is 1. The molecular formula is C15H13F2N3. The number of hydrogen-bond donors (Lipinski definition) is 1. The van der Waals surface area contributed by atoms with Crippen LogP contribution in [0.5, 0.6) is 0 Å². The van der Waals surface area contributed by atoms with Crippen molar-refractivity contribution in [2.75, 3.05) is 5.73 Å². The molecule has 0 aliphatic heterocycles. The van der Waals surface area contributed by atoms with Gasteiger partial charge in [0.2, 0.25) is 0 Å². The van der Waals surface area contributed by atoms with Gasteiger partial charge in [-0.1, -0.05) is 12.1 Å². The van der Waals surface area contributed by atoms with E-state index in [2.05, 4.69) is 5.10 Å². The summed E-state index contributed by atoms with van der Waals surface area (Å²) in [6.45, 7) is 1.95. The number of aryl methyl sites for hydroxylation is 2. The molecule has 2 aromatic carbocycles. The molecule has 102 valence electrons. The van der Waals surface area contributed by atoms with Crippen molar-refractivity contribution < 1.29 is 8.78 Å². The minimum atomic E-state index is -0.752. The fourth-order valence-corrected chi connectivity index (χ4v) is 2.35. The van der Waals surface area contributed by atoms with E-state index in [4.69, 9.17) is 5.73 Å². The van der Waals surface area contributed by atoms with Crippen molar-refractivity contribution in [2.45, 2.75) is 6.92 Å². The Balaban J connectivity index is 2.32. The van der Waals surface area contributed by atoms with Crippen LogP contribution in [0, 0.1) is 18.6 Å². The van der Waals surface area contributed by atoms with Crippen molar-refractivity contribution in [1.82, 2.24) is 9.78 Å². The quantitative estimate of drug-likeness (QED) is 0.690. The molecule has 0 spiro atoms. The van der Waals surface area contributed by atoms with Gasteiger partial charge in [-0.25, -0.2) is 8.78 Å². The summed E-state index contributed by atoms with van der Waals surface area (Å²) >= 11 is 0. The van der Waals surface area contributed by atoms with Crippen molar-refractivity contribution in [1.29, 1.82) is 0 Å². The molecule has 2 N–H and O–H groups in total. The topological polar surface area (TPSA) is 43.8 Å². The molecule has 0 bridgehead atoms. The highest BCUT2D eigenvalue weighted by molar-refractivity contribution is 5.96. The second-order valence-corrected chi connectivity index (χ2v) is 4.85. The largest absolute Gasteiger partial charge is 0.394 e. The van der Waals surface area contributed by atoms with Crippen LogP contribution in [0.25, 0.3) is 22.0 Å². The first-order chi connectivity index (χ1) is 9.47. The van der Waals surface area contributed by atoms with E-state index >= 15 is 0 Å². The summed E-state index contributed by atoms with van der Waals surface area (Å²) in [5, 5.41) is 5.22. The highest BCUT2D eigenvalue weighted by atomic mass is 19.1. The fourth-order valence-electron chi connectivity index (χ4n) is 2.35. The van der Waals surface area contributed by atoms with Gasteiger partial charge >= 0.3 is 0 Å². The predicted octanol–water partition coefficient (Wildman–Crippen LogP) is 3.41. The van der Waals surface area contributed by atoms with Gasteiger partial charge in [0.25, 0.3) is 0 Å². The molecule has 1 heterocycles. The van der Waals surface area contributed by atoms with Crippen molar-refractivity contribution in [3.05, 3.63) is 47.7 Å². The van der Waals surface area contributed by atoms with Crippen LogP contribution in [0.15, 0.2) is 30.5 Å². The molecule has 1 aromatic heterocycles. The number of benzene rings is 2. The Kier molecular flexibility index (Phi) is 2.71. The normalized spacial score (nSPS) is 11.2. The lowest BCUT2D eigenvalue weighted by atomic mass is 9.99. The summed E-state index contributed by atoms with van der Waals surface area (Å²) in [4.78, 5) is 0. The summed E-state index contributed by atoms with van der Waals surface area (Å²) < 4.78 is 28.9. The van der Waals surface area contributed by atoms with Crippen LogP contribution >= 0.6 is 0 Å². The van der Waals surface area contributed by atoms with Gasteiger partial charge in [-0.15, -0.1) is 0 Å². The van der Waals surface area contributed by atoms with Gasteiger partial charge in [-0.2, -0.15) is 5.10 Å². The molecule has 0 saturated carbocycles. The highest BCUT2D eigenvalue weighted by Gasteiger charge is 2.13. The monoisotopic (exact) mass is 273 g/mol. The first-order valence-electron chi connectivity index (χ1n) is 6.15. The minimum absolute atomic E-state index is 0.451. The number of halogens is 2. The lowest BCUT2D eigenvalue weighted by molar-refractivity contribution is 0.592. The second-order valence-electron chi connectivity index (χ2n) is 4.85. The molecule has 3 nitrogen and oxygen atoms in total. The Hall–Kier alpha value is -2.43. The summed E-state index contributed by atoms with van der Waals surface area (Å²) in [6.07, 6.45) is 1.84. The van der Waals surface area contributed by atoms with Crippen molar-refractivity contribution in [2.24, 2.45) is 7.05 Å². The van der Waals surface area contributed by atoms with E-state index < -0.39 is 17.3 Å². The Bertz CT molecular complexity index is 798. The van der Waals surface area contributed by atoms with Crippen molar-refractivity contribution in [3.8, 4) is 11.1 Å². The zero-order chi connectivity index (χ0) is 14.4. The zero-order valence-electron chi connectivity index (χ0n) is 11.1. The SMILES string of the molecule is Cc1ccc(-c2cc(F)c(N)c(F)c2)c2cn(C)nc12. The van der Waals surface area contributed by atoms with E-state index in [-0.39, 0.29) is 0 Å². The molecule has 0 amide bonds. The van der Waals surface area contributed by atoms with E-state index in [9.17, 15) is 8.78 Å². The van der Waals surface area contributed by atoms with Crippen LogP contribution in [-0.2, 0) is 7.05 Å². The standard InChI is InChI=1S/C15H13F2N3/c1-8-3-4-10(11-7-20(2)19-15(8)11)9-5-12(16)14(18)13(17)6-9/h3-7H,18H2,1-2H3. The lowest BCUT2D eigenvalue weighted by Crippen LogP contribution is -1.96. The third-order valence-corrected chi connectivity index (χ3v) is 3.38. The van der Waals surface area contributed by atoms with Gasteiger partial charge in [-0.05, 0) is 35.7 Å². The fraction of sp³-hybridized carbons (Fsp3) is 0.133. The van der Waals surface area contributed by atoms with Gasteiger partial charge in [0, 0.05) is 18.6 Å². The third-order valence-electron chi connectivity index (χ3n) is 3.38. The molecule has 0 radical (unpaired) electrons. The lowest BCUT2D eigenvalue weighted by Gasteiger charge is -2.07. The minimum Gasteiger partial charge on any atom is -0.394 e. The zero-order valence-corrected chi connectivity index (χ0v) is 11.1. The number of nitrogens with two attached hydrogens (primary N) is 1. The van der Waals surface area contributed by atoms with Crippen LogP contribution in [0.3, 0.4) is 0 Å². The molecule has 0 unspecified atom stereocenters. The van der Waals surface area contributed by atoms with Gasteiger partial charge in [0.15, 0.2) is 0 Å². The molecule has 3 aromatic rings. The smallest absolute Gasteiger partial charge is 0.149 e. The predicted molar refractivity (Wildman–Crippen MR) is 75.2 cm³/mol. The van der Waals surface area contributed by atoms with Gasteiger partial charge in [-0.3, -0.25) is 4.68 Å². The first kappa shape index (κ1) is 12.6. The Morgan fingerprint density at radius 2 is 1.80 bits per heavy atom. The average molecular weight is 273 g/mol. The van der Waals surface area contributed by atoms with Crippen LogP contribution in [0.4, 0.5) is 14.5 Å². The van der Waals surface area contributed by atoms with Gasteiger partial charge < -0.3 is 5.73 Å². The number of hydrogen-bond acceptors (Lipinski definition) is 2. The Labute approximate surface area is 114 Å². The van der Waals surface area contributed by atoms with Crippen LogP contribution < -0.4 is 5.73 Å². The van der Waals surface area contributed by atoms with E-state index in [1.165, 1.54) is 12.1 Å². The van der Waals surface area contributed by atoms with Gasteiger partial charge in [0.1, 0.15) is 17.3 Å². The van der Waals surface area contributed by atoms with Crippen molar-refractivity contribution >= 4 is 16.6 Å². The van der Waals surface area contributed by atoms with Crippen LogP contribution in [0.2, 0.25) is 0 Å². The van der Waals surface area contributed by atoms with E-state index in [1.54, 1.807) is 4.68 Å². The number of nitrogens with zero attached hydrogens (tertiary/aromatic N) is 2. The summed E-state index contributed by atoms with van der Waals surface area (Å²) in [6, 6.07) is 6.21. The van der Waals surface area contributed by atoms with E-state index in [0.717, 1.165) is 22.0 Å². The maximum absolute atomic E-state index is 13.6. The van der Waals surface area contributed by atoms with Crippen LogP contribution in [0.1, 0.15) is 5.56 Å². The average Bonchev–Trinajstić information content (AvgIpc) is 2.78. The van der Waals surface area contributed by atoms with Gasteiger partial charge in [0.05, 0.1) is 5.52 Å². The molecule has 0 saturated heterocycles. The summed E-state index contributed by atoms with van der Waals surface area (Å²) in [5.74, 6) is -1.50. The number of nitrogen functional groups attached to an aromatic ring is 1. The molecule has 0 aliphatic rings. The highest BCUT2D eigenvalue weighted by Crippen LogP contribution is 2.32. The molecule has 20 heavy (non-hydrogen) atoms. The Morgan fingerprint density at radius 1 is 1.15 bits per heavy atom. The number of fused-ring (bicyclic) bond motifs is 1. The number of aromatic nitrogens is 2. The molecule has 0 atom stereocenters. The second kappa shape index (κ2) is 4.30. The maximum atomic E-state index is 13.6.